The maximum atomic E-state index is 13.0. The van der Waals surface area contributed by atoms with Gasteiger partial charge in [-0.3, -0.25) is 9.59 Å². The molecule has 1 aliphatic rings. The molecule has 2 heterocycles. The topological polar surface area (TPSA) is 62.6 Å². The van der Waals surface area contributed by atoms with E-state index < -0.39 is 0 Å². The fraction of sp³-hybridized carbons (Fsp3) is 0.300. The van der Waals surface area contributed by atoms with Crippen LogP contribution in [0.2, 0.25) is 0 Å². The highest BCUT2D eigenvalue weighted by molar-refractivity contribution is 5.95. The third kappa shape index (κ3) is 4.39. The number of piperidine rings is 1. The minimum atomic E-state index is -0.303. The first-order valence-electron chi connectivity index (χ1n) is 8.59. The monoisotopic (exact) mass is 356 g/mol. The van der Waals surface area contributed by atoms with Gasteiger partial charge in [0, 0.05) is 25.2 Å². The number of amides is 2. The number of hydrogen-bond donors (Lipinski definition) is 1. The van der Waals surface area contributed by atoms with Crippen LogP contribution in [0.1, 0.15) is 35.7 Å². The van der Waals surface area contributed by atoms with Gasteiger partial charge in [-0.1, -0.05) is 12.1 Å². The Bertz CT molecular complexity index is 789. The van der Waals surface area contributed by atoms with Gasteiger partial charge < -0.3 is 14.6 Å². The molecule has 136 valence electrons. The van der Waals surface area contributed by atoms with E-state index in [2.05, 4.69) is 5.32 Å². The summed E-state index contributed by atoms with van der Waals surface area (Å²) in [6.45, 7) is 3.00. The van der Waals surface area contributed by atoms with Gasteiger partial charge in [0.25, 0.3) is 5.91 Å². The largest absolute Gasteiger partial charge is 0.472 e. The van der Waals surface area contributed by atoms with Crippen LogP contribution in [0, 0.1) is 5.82 Å². The second-order valence-electron chi connectivity index (χ2n) is 6.42. The number of nitrogens with zero attached hydrogens (tertiary/aromatic N) is 1. The summed E-state index contributed by atoms with van der Waals surface area (Å²) in [5.74, 6) is -0.523. The smallest absolute Gasteiger partial charge is 0.257 e. The first kappa shape index (κ1) is 17.9. The first-order chi connectivity index (χ1) is 12.5. The van der Waals surface area contributed by atoms with Crippen molar-refractivity contribution in [2.45, 2.75) is 25.8 Å². The number of furan rings is 1. The molecule has 1 N–H and O–H groups in total. The van der Waals surface area contributed by atoms with Gasteiger partial charge in [0.2, 0.25) is 5.91 Å². The number of carbonyl (C=O) groups excluding carboxylic acids is 2. The van der Waals surface area contributed by atoms with Crippen LogP contribution < -0.4 is 5.32 Å². The zero-order valence-electron chi connectivity index (χ0n) is 14.6. The maximum Gasteiger partial charge on any atom is 0.257 e. The number of benzene rings is 1. The molecular formula is C20H21FN2O3. The predicted octanol–water partition coefficient (Wildman–Crippen LogP) is 3.24. The Morgan fingerprint density at radius 2 is 1.85 bits per heavy atom. The Balaban J connectivity index is 1.51. The van der Waals surface area contributed by atoms with Crippen LogP contribution in [-0.2, 0) is 4.79 Å². The van der Waals surface area contributed by atoms with Crippen molar-refractivity contribution in [1.29, 1.82) is 0 Å². The standard InChI is InChI=1S/C20H21FN2O3/c1-14(15-2-4-17(21)5-3-15)12-19(24)22-18-6-9-23(10-7-18)20(25)16-8-11-26-13-16/h2-5,8,11-13,18H,6-7,9-10H2,1H3,(H,22,24)/b14-12-. The minimum absolute atomic E-state index is 0.0353. The highest BCUT2D eigenvalue weighted by Gasteiger charge is 2.24. The molecule has 1 aliphatic heterocycles. The average Bonchev–Trinajstić information content (AvgIpc) is 3.17. The van der Waals surface area contributed by atoms with Crippen molar-refractivity contribution in [3.63, 3.8) is 0 Å². The van der Waals surface area contributed by atoms with E-state index in [-0.39, 0.29) is 23.7 Å². The van der Waals surface area contributed by atoms with Crippen LogP contribution in [-0.4, -0.2) is 35.8 Å². The van der Waals surface area contributed by atoms with E-state index in [4.69, 9.17) is 4.42 Å². The van der Waals surface area contributed by atoms with Gasteiger partial charge in [-0.05, 0) is 49.1 Å². The predicted molar refractivity (Wildman–Crippen MR) is 95.8 cm³/mol. The van der Waals surface area contributed by atoms with Crippen LogP contribution in [0.3, 0.4) is 0 Å². The quantitative estimate of drug-likeness (QED) is 0.856. The molecule has 5 nitrogen and oxygen atoms in total. The summed E-state index contributed by atoms with van der Waals surface area (Å²) in [4.78, 5) is 26.2. The highest BCUT2D eigenvalue weighted by Crippen LogP contribution is 2.16. The molecule has 0 spiro atoms. The van der Waals surface area contributed by atoms with Gasteiger partial charge in [-0.2, -0.15) is 0 Å². The molecule has 0 unspecified atom stereocenters. The molecular weight excluding hydrogens is 335 g/mol. The summed E-state index contributed by atoms with van der Waals surface area (Å²) in [5, 5.41) is 2.98. The normalized spacial score (nSPS) is 15.8. The van der Waals surface area contributed by atoms with Crippen LogP contribution in [0.15, 0.2) is 53.4 Å². The van der Waals surface area contributed by atoms with Gasteiger partial charge >= 0.3 is 0 Å². The summed E-state index contributed by atoms with van der Waals surface area (Å²) in [7, 11) is 0. The van der Waals surface area contributed by atoms with Crippen molar-refractivity contribution in [1.82, 2.24) is 10.2 Å². The molecule has 0 radical (unpaired) electrons. The molecule has 0 aliphatic carbocycles. The lowest BCUT2D eigenvalue weighted by Crippen LogP contribution is -2.46. The second-order valence-corrected chi connectivity index (χ2v) is 6.42. The van der Waals surface area contributed by atoms with Gasteiger partial charge in [0.1, 0.15) is 12.1 Å². The first-order valence-corrected chi connectivity index (χ1v) is 8.59. The lowest BCUT2D eigenvalue weighted by atomic mass is 10.0. The lowest BCUT2D eigenvalue weighted by molar-refractivity contribution is -0.117. The molecule has 0 saturated carbocycles. The zero-order valence-corrected chi connectivity index (χ0v) is 14.6. The molecule has 2 aromatic rings. The van der Waals surface area contributed by atoms with Crippen LogP contribution in [0.4, 0.5) is 4.39 Å². The van der Waals surface area contributed by atoms with E-state index in [9.17, 15) is 14.0 Å². The Morgan fingerprint density at radius 3 is 2.46 bits per heavy atom. The Hall–Kier alpha value is -2.89. The lowest BCUT2D eigenvalue weighted by Gasteiger charge is -2.32. The van der Waals surface area contributed by atoms with Crippen molar-refractivity contribution in [2.75, 3.05) is 13.1 Å². The van der Waals surface area contributed by atoms with Crippen LogP contribution in [0.5, 0.6) is 0 Å². The summed E-state index contributed by atoms with van der Waals surface area (Å²) in [5.41, 5.74) is 2.13. The average molecular weight is 356 g/mol. The van der Waals surface area contributed by atoms with E-state index in [1.165, 1.54) is 30.7 Å². The van der Waals surface area contributed by atoms with Crippen molar-refractivity contribution in [3.8, 4) is 0 Å². The SMILES string of the molecule is C/C(=C/C(=O)NC1CCN(C(=O)c2ccoc2)CC1)c1ccc(F)cc1. The highest BCUT2D eigenvalue weighted by atomic mass is 19.1. The molecule has 2 amide bonds. The van der Waals surface area contributed by atoms with Crippen molar-refractivity contribution in [2.24, 2.45) is 0 Å². The fourth-order valence-corrected chi connectivity index (χ4v) is 3.03. The Kier molecular flexibility index (Phi) is 5.51. The molecule has 3 rings (SSSR count). The number of rotatable bonds is 4. The van der Waals surface area contributed by atoms with E-state index in [1.807, 2.05) is 6.92 Å². The number of hydrogen-bond acceptors (Lipinski definition) is 3. The third-order valence-corrected chi connectivity index (χ3v) is 4.54. The molecule has 26 heavy (non-hydrogen) atoms. The van der Waals surface area contributed by atoms with Gasteiger partial charge in [0.15, 0.2) is 0 Å². The van der Waals surface area contributed by atoms with Crippen molar-refractivity contribution < 1.29 is 18.4 Å². The van der Waals surface area contributed by atoms with Gasteiger partial charge in [-0.15, -0.1) is 0 Å². The fourth-order valence-electron chi connectivity index (χ4n) is 3.03. The maximum absolute atomic E-state index is 13.0. The summed E-state index contributed by atoms with van der Waals surface area (Å²) < 4.78 is 17.9. The molecule has 1 aromatic carbocycles. The van der Waals surface area contributed by atoms with Crippen molar-refractivity contribution >= 4 is 17.4 Å². The van der Waals surface area contributed by atoms with E-state index in [0.717, 1.165) is 11.1 Å². The molecule has 1 aromatic heterocycles. The number of allylic oxidation sites excluding steroid dienone is 1. The van der Waals surface area contributed by atoms with E-state index in [1.54, 1.807) is 23.1 Å². The number of halogens is 1. The van der Waals surface area contributed by atoms with Crippen LogP contribution in [0.25, 0.3) is 5.57 Å². The third-order valence-electron chi connectivity index (χ3n) is 4.54. The van der Waals surface area contributed by atoms with E-state index >= 15 is 0 Å². The summed E-state index contributed by atoms with van der Waals surface area (Å²) in [6, 6.07) is 7.73. The molecule has 6 heteroatoms. The zero-order chi connectivity index (χ0) is 18.5. The molecule has 0 atom stereocenters. The minimum Gasteiger partial charge on any atom is -0.472 e. The molecule has 1 fully saturated rings. The molecule has 0 bridgehead atoms. The second kappa shape index (κ2) is 7.99. The number of nitrogens with one attached hydrogen (secondary N) is 1. The Labute approximate surface area is 151 Å². The summed E-state index contributed by atoms with van der Waals surface area (Å²) >= 11 is 0. The molecule has 1 saturated heterocycles. The Morgan fingerprint density at radius 1 is 1.15 bits per heavy atom. The van der Waals surface area contributed by atoms with E-state index in [0.29, 0.717) is 31.5 Å². The summed E-state index contributed by atoms with van der Waals surface area (Å²) in [6.07, 6.45) is 5.86. The van der Waals surface area contributed by atoms with Crippen LogP contribution >= 0.6 is 0 Å². The van der Waals surface area contributed by atoms with Gasteiger partial charge in [0.05, 0.1) is 11.8 Å². The van der Waals surface area contributed by atoms with Gasteiger partial charge in [-0.25, -0.2) is 4.39 Å². The number of carbonyl (C=O) groups is 2. The number of likely N-dealkylation sites (tertiary alicyclic amines) is 1. The van der Waals surface area contributed by atoms with Crippen molar-refractivity contribution in [3.05, 3.63) is 65.9 Å².